The Morgan fingerprint density at radius 2 is 1.71 bits per heavy atom. The van der Waals surface area contributed by atoms with Gasteiger partial charge in [-0.3, -0.25) is 4.68 Å². The molecule has 4 aromatic rings. The lowest BCUT2D eigenvalue weighted by Gasteiger charge is -2.10. The number of anilines is 1. The van der Waals surface area contributed by atoms with E-state index in [1.165, 1.54) is 0 Å². The van der Waals surface area contributed by atoms with Crippen molar-refractivity contribution in [3.05, 3.63) is 78.6 Å². The van der Waals surface area contributed by atoms with Gasteiger partial charge in [0.05, 0.1) is 18.9 Å². The van der Waals surface area contributed by atoms with E-state index in [0.29, 0.717) is 19.8 Å². The number of hydrogen-bond acceptors (Lipinski definition) is 5. The summed E-state index contributed by atoms with van der Waals surface area (Å²) in [6, 6.07) is 20.3. The van der Waals surface area contributed by atoms with Gasteiger partial charge in [-0.25, -0.2) is 4.98 Å². The molecule has 0 aliphatic carbocycles. The van der Waals surface area contributed by atoms with E-state index >= 15 is 0 Å². The first-order valence-electron chi connectivity index (χ1n) is 10.4. The minimum absolute atomic E-state index is 0.620. The Labute approximate surface area is 181 Å². The smallest absolute Gasteiger partial charge is 0.161 e. The maximum atomic E-state index is 5.85. The zero-order chi connectivity index (χ0) is 21.0. The predicted octanol–water partition coefficient (Wildman–Crippen LogP) is 4.92. The van der Waals surface area contributed by atoms with Crippen molar-refractivity contribution in [3.8, 4) is 33.9 Å². The average Bonchev–Trinajstić information content (AvgIpc) is 3.03. The molecular weight excluding hydrogens is 388 g/mol. The molecule has 6 heteroatoms. The molecule has 0 saturated carbocycles. The second-order valence-corrected chi connectivity index (χ2v) is 7.54. The Bertz CT molecular complexity index is 1170. The van der Waals surface area contributed by atoms with Gasteiger partial charge in [0.15, 0.2) is 11.5 Å². The molecule has 0 unspecified atom stereocenters. The van der Waals surface area contributed by atoms with Crippen molar-refractivity contribution in [1.82, 2.24) is 14.8 Å². The molecule has 0 bridgehead atoms. The monoisotopic (exact) mass is 412 g/mol. The normalized spacial score (nSPS) is 12.9. The van der Waals surface area contributed by atoms with Gasteiger partial charge in [-0.2, -0.15) is 5.10 Å². The van der Waals surface area contributed by atoms with Crippen LogP contribution in [-0.4, -0.2) is 28.0 Å². The number of nitrogens with zero attached hydrogens (tertiary/aromatic N) is 3. The molecule has 6 nitrogen and oxygen atoms in total. The number of nitrogens with one attached hydrogen (secondary N) is 1. The van der Waals surface area contributed by atoms with E-state index in [4.69, 9.17) is 9.47 Å². The van der Waals surface area contributed by atoms with Gasteiger partial charge in [0.25, 0.3) is 0 Å². The molecule has 1 aliphatic rings. The molecule has 156 valence electrons. The van der Waals surface area contributed by atoms with Crippen LogP contribution in [0.1, 0.15) is 12.0 Å². The second kappa shape index (κ2) is 8.52. The van der Waals surface area contributed by atoms with Crippen LogP contribution in [0, 0.1) is 0 Å². The lowest BCUT2D eigenvalue weighted by Crippen LogP contribution is -2.02. The minimum atomic E-state index is 0.620. The highest BCUT2D eigenvalue weighted by Gasteiger charge is 2.15. The summed E-state index contributed by atoms with van der Waals surface area (Å²) >= 11 is 0. The van der Waals surface area contributed by atoms with E-state index in [1.54, 1.807) is 0 Å². The Morgan fingerprint density at radius 3 is 2.52 bits per heavy atom. The summed E-state index contributed by atoms with van der Waals surface area (Å²) in [6.45, 7) is 1.97. The third-order valence-corrected chi connectivity index (χ3v) is 5.26. The van der Waals surface area contributed by atoms with Crippen LogP contribution in [0.2, 0.25) is 0 Å². The first kappa shape index (κ1) is 19.2. The third-order valence-electron chi connectivity index (χ3n) is 5.26. The SMILES string of the molecule is Cn1cc(CNc2ccc(-c3ccccc3)cn2)c(-c2ccc3c(c2)OCCCO3)n1. The van der Waals surface area contributed by atoms with Gasteiger partial charge in [-0.1, -0.05) is 30.3 Å². The number of aryl methyl sites for hydroxylation is 1. The summed E-state index contributed by atoms with van der Waals surface area (Å²) in [5.41, 5.74) is 5.28. The van der Waals surface area contributed by atoms with Crippen LogP contribution >= 0.6 is 0 Å². The zero-order valence-corrected chi connectivity index (χ0v) is 17.4. The molecule has 1 aliphatic heterocycles. The molecular formula is C25H24N4O2. The van der Waals surface area contributed by atoms with Crippen molar-refractivity contribution in [1.29, 1.82) is 0 Å². The summed E-state index contributed by atoms with van der Waals surface area (Å²) in [6.07, 6.45) is 4.81. The van der Waals surface area contributed by atoms with E-state index in [2.05, 4.69) is 33.6 Å². The molecule has 0 radical (unpaired) electrons. The van der Waals surface area contributed by atoms with Crippen LogP contribution in [0.4, 0.5) is 5.82 Å². The Morgan fingerprint density at radius 1 is 0.903 bits per heavy atom. The van der Waals surface area contributed by atoms with Crippen LogP contribution in [0.25, 0.3) is 22.4 Å². The highest BCUT2D eigenvalue weighted by molar-refractivity contribution is 5.67. The molecule has 3 heterocycles. The molecule has 0 spiro atoms. The Balaban J connectivity index is 1.34. The van der Waals surface area contributed by atoms with Crippen molar-refractivity contribution >= 4 is 5.82 Å². The van der Waals surface area contributed by atoms with Crippen molar-refractivity contribution in [2.24, 2.45) is 7.05 Å². The van der Waals surface area contributed by atoms with Crippen LogP contribution < -0.4 is 14.8 Å². The molecule has 0 saturated heterocycles. The molecule has 0 amide bonds. The zero-order valence-electron chi connectivity index (χ0n) is 17.4. The summed E-state index contributed by atoms with van der Waals surface area (Å²) < 4.78 is 13.4. The maximum absolute atomic E-state index is 5.85. The van der Waals surface area contributed by atoms with Crippen LogP contribution in [0.5, 0.6) is 11.5 Å². The number of ether oxygens (including phenoxy) is 2. The fourth-order valence-corrected chi connectivity index (χ4v) is 3.71. The summed E-state index contributed by atoms with van der Waals surface area (Å²) in [5, 5.41) is 8.09. The van der Waals surface area contributed by atoms with E-state index in [-0.39, 0.29) is 0 Å². The van der Waals surface area contributed by atoms with Crippen LogP contribution in [0.15, 0.2) is 73.1 Å². The highest BCUT2D eigenvalue weighted by Crippen LogP contribution is 2.35. The Hall–Kier alpha value is -3.80. The minimum Gasteiger partial charge on any atom is -0.490 e. The standard InChI is InChI=1S/C25H24N4O2/c1-29-17-21(16-27-24-11-9-20(15-26-24)18-6-3-2-4-7-18)25(28-29)19-8-10-22-23(14-19)31-13-5-12-30-22/h2-4,6-11,14-15,17H,5,12-13,16H2,1H3,(H,26,27). The predicted molar refractivity (Wildman–Crippen MR) is 121 cm³/mol. The van der Waals surface area contributed by atoms with Crippen molar-refractivity contribution in [2.75, 3.05) is 18.5 Å². The quantitative estimate of drug-likeness (QED) is 0.504. The van der Waals surface area contributed by atoms with Gasteiger partial charge in [-0.15, -0.1) is 0 Å². The van der Waals surface area contributed by atoms with Gasteiger partial charge in [-0.05, 0) is 35.9 Å². The summed E-state index contributed by atoms with van der Waals surface area (Å²) in [7, 11) is 1.93. The number of aromatic nitrogens is 3. The largest absolute Gasteiger partial charge is 0.490 e. The number of benzene rings is 2. The molecule has 1 N–H and O–H groups in total. The van der Waals surface area contributed by atoms with Gasteiger partial charge in [0, 0.05) is 49.1 Å². The molecule has 0 atom stereocenters. The van der Waals surface area contributed by atoms with E-state index in [1.807, 2.05) is 66.6 Å². The van der Waals surface area contributed by atoms with Gasteiger partial charge >= 0.3 is 0 Å². The lowest BCUT2D eigenvalue weighted by molar-refractivity contribution is 0.297. The first-order valence-corrected chi connectivity index (χ1v) is 10.4. The number of fused-ring (bicyclic) bond motifs is 1. The van der Waals surface area contributed by atoms with E-state index < -0.39 is 0 Å². The first-order chi connectivity index (χ1) is 15.3. The van der Waals surface area contributed by atoms with Crippen molar-refractivity contribution in [3.63, 3.8) is 0 Å². The number of rotatable bonds is 5. The number of hydrogen-bond donors (Lipinski definition) is 1. The average molecular weight is 412 g/mol. The van der Waals surface area contributed by atoms with Gasteiger partial charge in [0.1, 0.15) is 5.82 Å². The molecule has 2 aromatic carbocycles. The Kier molecular flexibility index (Phi) is 5.27. The number of pyridine rings is 1. The molecule has 0 fully saturated rings. The molecule has 5 rings (SSSR count). The van der Waals surface area contributed by atoms with Crippen molar-refractivity contribution < 1.29 is 9.47 Å². The molecule has 2 aromatic heterocycles. The highest BCUT2D eigenvalue weighted by atomic mass is 16.5. The van der Waals surface area contributed by atoms with E-state index in [9.17, 15) is 0 Å². The summed E-state index contributed by atoms with van der Waals surface area (Å²) in [4.78, 5) is 4.57. The lowest BCUT2D eigenvalue weighted by atomic mass is 10.1. The van der Waals surface area contributed by atoms with Crippen LogP contribution in [-0.2, 0) is 13.6 Å². The van der Waals surface area contributed by atoms with Gasteiger partial charge in [0.2, 0.25) is 0 Å². The topological polar surface area (TPSA) is 61.2 Å². The fraction of sp³-hybridized carbons (Fsp3) is 0.200. The summed E-state index contributed by atoms with van der Waals surface area (Å²) in [5.74, 6) is 2.39. The van der Waals surface area contributed by atoms with Gasteiger partial charge < -0.3 is 14.8 Å². The fourth-order valence-electron chi connectivity index (χ4n) is 3.71. The van der Waals surface area contributed by atoms with Crippen LogP contribution in [0.3, 0.4) is 0 Å². The molecule has 31 heavy (non-hydrogen) atoms. The maximum Gasteiger partial charge on any atom is 0.161 e. The second-order valence-electron chi connectivity index (χ2n) is 7.54. The van der Waals surface area contributed by atoms with E-state index in [0.717, 1.165) is 51.7 Å². The van der Waals surface area contributed by atoms with Crippen molar-refractivity contribution in [2.45, 2.75) is 13.0 Å². The third kappa shape index (κ3) is 4.23.